The lowest BCUT2D eigenvalue weighted by Gasteiger charge is -2.32. The number of carbonyl (C=O) groups excluding carboxylic acids is 1. The van der Waals surface area contributed by atoms with Crippen LogP contribution in [0.5, 0.6) is 0 Å². The molecule has 0 aromatic rings. The van der Waals surface area contributed by atoms with Gasteiger partial charge in [-0.2, -0.15) is 0 Å². The molecule has 1 saturated carbocycles. The first kappa shape index (κ1) is 9.90. The third-order valence-electron chi connectivity index (χ3n) is 3.06. The molecule has 1 saturated heterocycles. The van der Waals surface area contributed by atoms with E-state index in [1.807, 2.05) is 4.90 Å². The molecular weight excluding hydrogens is 196 g/mol. The quantitative estimate of drug-likeness (QED) is 0.692. The summed E-state index contributed by atoms with van der Waals surface area (Å²) in [6.07, 6.45) is 4.24. The van der Waals surface area contributed by atoms with Gasteiger partial charge in [0.15, 0.2) is 0 Å². The first-order valence-electron chi connectivity index (χ1n) is 5.26. The number of hydrogen-bond donors (Lipinski definition) is 1. The Hall–Kier alpha value is -0.640. The van der Waals surface area contributed by atoms with Gasteiger partial charge in [0.1, 0.15) is 0 Å². The smallest absolute Gasteiger partial charge is 0.225 e. The number of amides is 1. The van der Waals surface area contributed by atoms with Crippen LogP contribution in [0.1, 0.15) is 25.7 Å². The zero-order valence-corrected chi connectivity index (χ0v) is 9.05. The Morgan fingerprint density at radius 3 is 2.57 bits per heavy atom. The van der Waals surface area contributed by atoms with Crippen molar-refractivity contribution in [3.8, 4) is 0 Å². The van der Waals surface area contributed by atoms with Gasteiger partial charge in [-0.3, -0.25) is 4.79 Å². The second kappa shape index (κ2) is 3.85. The van der Waals surface area contributed by atoms with Crippen LogP contribution in [0.4, 0.5) is 0 Å². The topological polar surface area (TPSA) is 46.3 Å². The van der Waals surface area contributed by atoms with Crippen molar-refractivity contribution < 1.29 is 4.79 Å². The van der Waals surface area contributed by atoms with Crippen molar-refractivity contribution in [3.05, 3.63) is 0 Å². The Bertz CT molecular complexity index is 263. The van der Waals surface area contributed by atoms with Crippen molar-refractivity contribution in [2.45, 2.75) is 25.7 Å². The average molecular weight is 212 g/mol. The molecule has 0 spiro atoms. The number of rotatable bonds is 2. The van der Waals surface area contributed by atoms with Crippen LogP contribution in [0.15, 0.2) is 0 Å². The van der Waals surface area contributed by atoms with Gasteiger partial charge in [0, 0.05) is 24.9 Å². The van der Waals surface area contributed by atoms with E-state index in [1.165, 1.54) is 0 Å². The monoisotopic (exact) mass is 212 g/mol. The van der Waals surface area contributed by atoms with Crippen LogP contribution in [-0.4, -0.2) is 28.9 Å². The van der Waals surface area contributed by atoms with E-state index < -0.39 is 0 Å². The van der Waals surface area contributed by atoms with Crippen LogP contribution in [0.25, 0.3) is 0 Å². The Morgan fingerprint density at radius 1 is 1.29 bits per heavy atom. The number of carbonyl (C=O) groups is 1. The maximum absolute atomic E-state index is 11.8. The molecule has 1 amide bonds. The number of piperidine rings is 1. The van der Waals surface area contributed by atoms with Gasteiger partial charge in [-0.1, -0.05) is 12.2 Å². The largest absolute Gasteiger partial charge is 0.393 e. The first-order valence-corrected chi connectivity index (χ1v) is 5.67. The van der Waals surface area contributed by atoms with Crippen molar-refractivity contribution in [2.75, 3.05) is 13.1 Å². The van der Waals surface area contributed by atoms with E-state index >= 15 is 0 Å². The molecule has 78 valence electrons. The van der Waals surface area contributed by atoms with Gasteiger partial charge in [0.25, 0.3) is 0 Å². The normalized spacial score (nSPS) is 27.4. The van der Waals surface area contributed by atoms with Crippen molar-refractivity contribution in [1.82, 2.24) is 4.90 Å². The summed E-state index contributed by atoms with van der Waals surface area (Å²) in [4.78, 5) is 14.3. The van der Waals surface area contributed by atoms with E-state index in [-0.39, 0.29) is 5.92 Å². The van der Waals surface area contributed by atoms with Gasteiger partial charge in [-0.15, -0.1) is 0 Å². The second-order valence-electron chi connectivity index (χ2n) is 4.30. The molecule has 2 aliphatic rings. The fourth-order valence-corrected chi connectivity index (χ4v) is 2.19. The first-order chi connectivity index (χ1) is 6.68. The van der Waals surface area contributed by atoms with Gasteiger partial charge < -0.3 is 10.6 Å². The number of likely N-dealkylation sites (tertiary alicyclic amines) is 1. The van der Waals surface area contributed by atoms with Crippen LogP contribution in [0.2, 0.25) is 0 Å². The molecule has 4 heteroatoms. The molecule has 2 rings (SSSR count). The summed E-state index contributed by atoms with van der Waals surface area (Å²) < 4.78 is 0. The average Bonchev–Trinajstić information content (AvgIpc) is 3.00. The summed E-state index contributed by atoms with van der Waals surface area (Å²) in [7, 11) is 0. The zero-order chi connectivity index (χ0) is 10.1. The summed E-state index contributed by atoms with van der Waals surface area (Å²) >= 11 is 4.98. The molecule has 2 fully saturated rings. The number of thiocarbonyl (C=S) groups is 1. The predicted octanol–water partition coefficient (Wildman–Crippen LogP) is 0.921. The standard InChI is InChI=1S/C10H16N2OS/c11-9(14)8-2-1-5-12(6-8)10(13)7-3-4-7/h7-8H,1-6H2,(H2,11,14). The fraction of sp³-hybridized carbons (Fsp3) is 0.800. The van der Waals surface area contributed by atoms with Crippen LogP contribution in [-0.2, 0) is 4.79 Å². The Labute approximate surface area is 89.6 Å². The Balaban J connectivity index is 1.92. The molecule has 1 aliphatic carbocycles. The predicted molar refractivity (Wildman–Crippen MR) is 58.8 cm³/mol. The molecule has 0 radical (unpaired) electrons. The van der Waals surface area contributed by atoms with E-state index in [2.05, 4.69) is 0 Å². The lowest BCUT2D eigenvalue weighted by Crippen LogP contribution is -2.44. The van der Waals surface area contributed by atoms with Gasteiger partial charge in [-0.25, -0.2) is 0 Å². The molecule has 14 heavy (non-hydrogen) atoms. The Morgan fingerprint density at radius 2 is 2.00 bits per heavy atom. The van der Waals surface area contributed by atoms with Gasteiger partial charge in [0.2, 0.25) is 5.91 Å². The lowest BCUT2D eigenvalue weighted by molar-refractivity contribution is -0.133. The lowest BCUT2D eigenvalue weighted by atomic mass is 9.98. The maximum Gasteiger partial charge on any atom is 0.225 e. The van der Waals surface area contributed by atoms with Crippen LogP contribution < -0.4 is 5.73 Å². The Kier molecular flexibility index (Phi) is 2.72. The molecule has 1 aliphatic heterocycles. The van der Waals surface area contributed by atoms with Crippen molar-refractivity contribution in [2.24, 2.45) is 17.6 Å². The van der Waals surface area contributed by atoms with Crippen molar-refractivity contribution in [1.29, 1.82) is 0 Å². The number of hydrogen-bond acceptors (Lipinski definition) is 2. The molecular formula is C10H16N2OS. The molecule has 1 heterocycles. The summed E-state index contributed by atoms with van der Waals surface area (Å²) in [6, 6.07) is 0. The van der Waals surface area contributed by atoms with Gasteiger partial charge in [-0.05, 0) is 25.7 Å². The molecule has 0 aromatic heterocycles. The van der Waals surface area contributed by atoms with E-state index in [9.17, 15) is 4.79 Å². The highest BCUT2D eigenvalue weighted by molar-refractivity contribution is 7.80. The summed E-state index contributed by atoms with van der Waals surface area (Å²) in [5.41, 5.74) is 5.61. The summed E-state index contributed by atoms with van der Waals surface area (Å²) in [5.74, 6) is 0.896. The second-order valence-corrected chi connectivity index (χ2v) is 4.77. The molecule has 3 nitrogen and oxygen atoms in total. The van der Waals surface area contributed by atoms with Crippen molar-refractivity contribution in [3.63, 3.8) is 0 Å². The minimum absolute atomic E-state index is 0.251. The highest BCUT2D eigenvalue weighted by Crippen LogP contribution is 2.32. The van der Waals surface area contributed by atoms with Gasteiger partial charge >= 0.3 is 0 Å². The minimum atomic E-state index is 0.251. The molecule has 1 unspecified atom stereocenters. The third kappa shape index (κ3) is 2.05. The number of nitrogens with two attached hydrogens (primary N) is 1. The van der Waals surface area contributed by atoms with E-state index in [0.29, 0.717) is 16.8 Å². The van der Waals surface area contributed by atoms with Gasteiger partial charge in [0.05, 0.1) is 4.99 Å². The van der Waals surface area contributed by atoms with E-state index in [1.54, 1.807) is 0 Å². The third-order valence-corrected chi connectivity index (χ3v) is 3.40. The fourth-order valence-electron chi connectivity index (χ4n) is 2.00. The van der Waals surface area contributed by atoms with Crippen molar-refractivity contribution >= 4 is 23.1 Å². The minimum Gasteiger partial charge on any atom is -0.393 e. The molecule has 0 aromatic carbocycles. The molecule has 1 atom stereocenters. The SMILES string of the molecule is NC(=S)C1CCCN(C(=O)C2CC2)C1. The summed E-state index contributed by atoms with van der Waals surface area (Å²) in [5, 5.41) is 0. The van der Waals surface area contributed by atoms with Crippen LogP contribution in [0.3, 0.4) is 0 Å². The maximum atomic E-state index is 11.8. The van der Waals surface area contributed by atoms with E-state index in [4.69, 9.17) is 18.0 Å². The number of nitrogens with zero attached hydrogens (tertiary/aromatic N) is 1. The van der Waals surface area contributed by atoms with E-state index in [0.717, 1.165) is 38.8 Å². The highest BCUT2D eigenvalue weighted by Gasteiger charge is 2.35. The molecule has 2 N–H and O–H groups in total. The van der Waals surface area contributed by atoms with Crippen LogP contribution in [0, 0.1) is 11.8 Å². The highest BCUT2D eigenvalue weighted by atomic mass is 32.1. The zero-order valence-electron chi connectivity index (χ0n) is 8.24. The summed E-state index contributed by atoms with van der Waals surface area (Å²) in [6.45, 7) is 1.65. The van der Waals surface area contributed by atoms with Crippen LogP contribution >= 0.6 is 12.2 Å². The molecule has 0 bridgehead atoms.